The van der Waals surface area contributed by atoms with Gasteiger partial charge in [-0.05, 0) is 53.4 Å². The zero-order valence-corrected chi connectivity index (χ0v) is 23.6. The molecule has 0 bridgehead atoms. The zero-order valence-electron chi connectivity index (χ0n) is 23.6. The summed E-state index contributed by atoms with van der Waals surface area (Å²) in [6.45, 7) is 4.62. The summed E-state index contributed by atoms with van der Waals surface area (Å²) in [5, 5.41) is 3.09. The largest absolute Gasteiger partial charge is 0.462 e. The molecule has 7 heteroatoms. The molecule has 41 heavy (non-hydrogen) atoms. The topological polar surface area (TPSA) is 69.6 Å². The Morgan fingerprint density at radius 3 is 2.29 bits per heavy atom. The highest BCUT2D eigenvalue weighted by Crippen LogP contribution is 2.43. The van der Waals surface area contributed by atoms with Gasteiger partial charge in [0.1, 0.15) is 11.9 Å². The lowest BCUT2D eigenvalue weighted by molar-refractivity contribution is -0.162. The number of cyclic esters (lactones) is 1. The van der Waals surface area contributed by atoms with Crippen molar-refractivity contribution >= 4 is 17.6 Å². The number of hydrogen-bond donors (Lipinski definition) is 1. The Balaban J connectivity index is 1.69. The fraction of sp³-hybridized carbons (Fsp3) is 0.294. The second kappa shape index (κ2) is 12.5. The van der Waals surface area contributed by atoms with Crippen LogP contribution in [0.5, 0.6) is 0 Å². The van der Waals surface area contributed by atoms with Crippen molar-refractivity contribution in [1.82, 2.24) is 4.57 Å². The number of methoxy groups -OCH3 is 1. The molecule has 2 heterocycles. The van der Waals surface area contributed by atoms with E-state index < -0.39 is 0 Å². The molecule has 0 aliphatic carbocycles. The number of para-hydroxylation sites is 1. The third-order valence-corrected chi connectivity index (χ3v) is 7.52. The number of nitrogens with zero attached hydrogens (tertiary/aromatic N) is 1. The minimum Gasteiger partial charge on any atom is -0.462 e. The fourth-order valence-electron chi connectivity index (χ4n) is 5.68. The van der Waals surface area contributed by atoms with Gasteiger partial charge in [0.05, 0.1) is 23.8 Å². The highest BCUT2D eigenvalue weighted by atomic mass is 19.1. The Morgan fingerprint density at radius 1 is 1.00 bits per heavy atom. The third-order valence-electron chi connectivity index (χ3n) is 7.52. The zero-order chi connectivity index (χ0) is 28.9. The van der Waals surface area contributed by atoms with Crippen LogP contribution in [0.1, 0.15) is 55.1 Å². The van der Waals surface area contributed by atoms with Crippen molar-refractivity contribution in [3.05, 3.63) is 102 Å². The lowest BCUT2D eigenvalue weighted by atomic mass is 9.94. The summed E-state index contributed by atoms with van der Waals surface area (Å²) in [6, 6.07) is 25.6. The van der Waals surface area contributed by atoms with Crippen LogP contribution in [0, 0.1) is 5.82 Å². The van der Waals surface area contributed by atoms with Gasteiger partial charge in [-0.15, -0.1) is 0 Å². The second-order valence-corrected chi connectivity index (χ2v) is 10.7. The lowest BCUT2D eigenvalue weighted by Gasteiger charge is -2.28. The highest BCUT2D eigenvalue weighted by Gasteiger charge is 2.32. The van der Waals surface area contributed by atoms with Crippen LogP contribution in [0.15, 0.2) is 84.9 Å². The van der Waals surface area contributed by atoms with Gasteiger partial charge in [0.15, 0.2) is 0 Å². The van der Waals surface area contributed by atoms with Gasteiger partial charge >= 0.3 is 5.97 Å². The molecule has 2 atom stereocenters. The summed E-state index contributed by atoms with van der Waals surface area (Å²) in [4.78, 5) is 26.4. The van der Waals surface area contributed by atoms with Gasteiger partial charge in [-0.3, -0.25) is 9.59 Å². The van der Waals surface area contributed by atoms with Gasteiger partial charge in [0.25, 0.3) is 5.91 Å². The van der Waals surface area contributed by atoms with E-state index in [9.17, 15) is 14.0 Å². The standard InChI is InChI=1S/C34H35FN2O4/c1-22(2)32-31(34(39)36-26-12-8-5-9-13-26)30(23-10-6-4-7-11-23)33(24-14-16-25(35)17-15-24)37(32)19-18-27-20-28(40-3)21-29(38)41-27/h4-17,22,27-28H,18-21H2,1-3H3,(H,36,39)/t27-,28-/m1/s1. The fourth-order valence-corrected chi connectivity index (χ4v) is 5.68. The summed E-state index contributed by atoms with van der Waals surface area (Å²) in [5.41, 5.74) is 5.41. The smallest absolute Gasteiger partial charge is 0.308 e. The number of anilines is 1. The molecule has 1 aliphatic rings. The molecule has 0 unspecified atom stereocenters. The summed E-state index contributed by atoms with van der Waals surface area (Å²) in [7, 11) is 1.61. The van der Waals surface area contributed by atoms with Gasteiger partial charge in [0, 0.05) is 43.4 Å². The first-order chi connectivity index (χ1) is 19.9. The molecule has 1 aliphatic heterocycles. The van der Waals surface area contributed by atoms with Gasteiger partial charge in [-0.2, -0.15) is 0 Å². The van der Waals surface area contributed by atoms with E-state index in [-0.39, 0.29) is 42.2 Å². The van der Waals surface area contributed by atoms with E-state index in [0.29, 0.717) is 30.6 Å². The molecular weight excluding hydrogens is 519 g/mol. The number of rotatable bonds is 9. The Bertz CT molecular complexity index is 1500. The van der Waals surface area contributed by atoms with Crippen LogP contribution >= 0.6 is 0 Å². The number of aromatic nitrogens is 1. The van der Waals surface area contributed by atoms with E-state index in [2.05, 4.69) is 23.7 Å². The van der Waals surface area contributed by atoms with Gasteiger partial charge in [0.2, 0.25) is 0 Å². The molecule has 6 nitrogen and oxygen atoms in total. The van der Waals surface area contributed by atoms with E-state index in [1.54, 1.807) is 19.2 Å². The minimum absolute atomic E-state index is 0.0242. The van der Waals surface area contributed by atoms with Crippen molar-refractivity contribution in [3.8, 4) is 22.4 Å². The van der Waals surface area contributed by atoms with E-state index >= 15 is 0 Å². The third kappa shape index (κ3) is 6.25. The molecule has 4 aromatic rings. The van der Waals surface area contributed by atoms with Crippen LogP contribution in [-0.4, -0.2) is 35.8 Å². The highest BCUT2D eigenvalue weighted by molar-refractivity contribution is 6.12. The summed E-state index contributed by atoms with van der Waals surface area (Å²) < 4.78 is 27.4. The van der Waals surface area contributed by atoms with E-state index in [4.69, 9.17) is 9.47 Å². The Morgan fingerprint density at radius 2 is 1.66 bits per heavy atom. The molecular formula is C34H35FN2O4. The first-order valence-electron chi connectivity index (χ1n) is 14.0. The lowest BCUT2D eigenvalue weighted by Crippen LogP contribution is -2.34. The number of ether oxygens (including phenoxy) is 2. The van der Waals surface area contributed by atoms with Crippen molar-refractivity contribution in [1.29, 1.82) is 0 Å². The van der Waals surface area contributed by atoms with Crippen LogP contribution < -0.4 is 5.32 Å². The van der Waals surface area contributed by atoms with Crippen molar-refractivity contribution in [2.24, 2.45) is 0 Å². The molecule has 0 radical (unpaired) electrons. The van der Waals surface area contributed by atoms with E-state index in [0.717, 1.165) is 28.1 Å². The number of nitrogens with one attached hydrogen (secondary N) is 1. The number of carbonyl (C=O) groups excluding carboxylic acids is 2. The SMILES string of the molecule is CO[C@H]1CC(=O)O[C@H](CCn2c(-c3ccc(F)cc3)c(-c3ccccc3)c(C(=O)Nc3ccccc3)c2C(C)C)C1. The number of esters is 1. The van der Waals surface area contributed by atoms with Crippen molar-refractivity contribution in [2.75, 3.05) is 12.4 Å². The van der Waals surface area contributed by atoms with Crippen LogP contribution in [-0.2, 0) is 20.8 Å². The first-order valence-corrected chi connectivity index (χ1v) is 14.0. The Labute approximate surface area is 240 Å². The average Bonchev–Trinajstić information content (AvgIpc) is 3.33. The van der Waals surface area contributed by atoms with Gasteiger partial charge in [-0.25, -0.2) is 4.39 Å². The number of amides is 1. The summed E-state index contributed by atoms with van der Waals surface area (Å²) >= 11 is 0. The van der Waals surface area contributed by atoms with Gasteiger partial charge < -0.3 is 19.4 Å². The molecule has 3 aromatic carbocycles. The monoisotopic (exact) mass is 554 g/mol. The minimum atomic E-state index is -0.334. The number of halogens is 1. The van der Waals surface area contributed by atoms with Crippen LogP contribution in [0.3, 0.4) is 0 Å². The molecule has 1 saturated heterocycles. The second-order valence-electron chi connectivity index (χ2n) is 10.7. The molecule has 1 N–H and O–H groups in total. The number of benzene rings is 3. The predicted octanol–water partition coefficient (Wildman–Crippen LogP) is 7.45. The normalized spacial score (nSPS) is 17.0. The Hall–Kier alpha value is -4.23. The maximum atomic E-state index is 14.1. The Kier molecular flexibility index (Phi) is 8.64. The summed E-state index contributed by atoms with van der Waals surface area (Å²) in [5.74, 6) is -0.844. The van der Waals surface area contributed by atoms with Gasteiger partial charge in [-0.1, -0.05) is 62.4 Å². The molecule has 1 fully saturated rings. The number of carbonyl (C=O) groups is 2. The van der Waals surface area contributed by atoms with Crippen LogP contribution in [0.25, 0.3) is 22.4 Å². The van der Waals surface area contributed by atoms with E-state index in [1.807, 2.05) is 60.7 Å². The molecule has 0 saturated carbocycles. The maximum absolute atomic E-state index is 14.1. The predicted molar refractivity (Wildman–Crippen MR) is 158 cm³/mol. The molecule has 5 rings (SSSR count). The van der Waals surface area contributed by atoms with E-state index in [1.165, 1.54) is 12.1 Å². The first kappa shape index (κ1) is 28.3. The van der Waals surface area contributed by atoms with Crippen LogP contribution in [0.4, 0.5) is 10.1 Å². The molecule has 212 valence electrons. The van der Waals surface area contributed by atoms with Crippen molar-refractivity contribution < 1.29 is 23.5 Å². The van der Waals surface area contributed by atoms with Crippen molar-refractivity contribution in [3.63, 3.8) is 0 Å². The molecule has 1 amide bonds. The molecule has 0 spiro atoms. The average molecular weight is 555 g/mol. The summed E-state index contributed by atoms with van der Waals surface area (Å²) in [6.07, 6.45) is 0.906. The number of hydrogen-bond acceptors (Lipinski definition) is 4. The maximum Gasteiger partial charge on any atom is 0.308 e. The van der Waals surface area contributed by atoms with Crippen molar-refractivity contribution in [2.45, 2.75) is 57.8 Å². The quantitative estimate of drug-likeness (QED) is 0.218. The van der Waals surface area contributed by atoms with Crippen LogP contribution in [0.2, 0.25) is 0 Å². The molecule has 1 aromatic heterocycles.